The van der Waals surface area contributed by atoms with Gasteiger partial charge in [-0.05, 0) is 18.9 Å². The Labute approximate surface area is 114 Å². The van der Waals surface area contributed by atoms with E-state index in [2.05, 4.69) is 0 Å². The summed E-state index contributed by atoms with van der Waals surface area (Å²) < 4.78 is 1.72. The van der Waals surface area contributed by atoms with Crippen LogP contribution in [0.4, 0.5) is 5.69 Å². The minimum Gasteiger partial charge on any atom is -0.508 e. The largest absolute Gasteiger partial charge is 0.508 e. The summed E-state index contributed by atoms with van der Waals surface area (Å²) in [5.41, 5.74) is 1.71. The molecule has 20 heavy (non-hydrogen) atoms. The van der Waals surface area contributed by atoms with Crippen molar-refractivity contribution < 1.29 is 19.9 Å². The minimum absolute atomic E-state index is 0.0992. The lowest BCUT2D eigenvalue weighted by Gasteiger charge is -2.01. The molecule has 0 saturated heterocycles. The number of nitro benzene ring substituents is 1. The fraction of sp³-hybridized carbons (Fsp3) is 0.308. The highest BCUT2D eigenvalue weighted by Gasteiger charge is 2.23. The van der Waals surface area contributed by atoms with Crippen LogP contribution in [0.15, 0.2) is 12.1 Å². The number of aromatic nitrogens is 1. The summed E-state index contributed by atoms with van der Waals surface area (Å²) >= 11 is 0. The molecule has 0 aliphatic rings. The molecule has 0 amide bonds. The Morgan fingerprint density at radius 2 is 2.10 bits per heavy atom. The summed E-state index contributed by atoms with van der Waals surface area (Å²) in [6, 6.07) is 2.53. The molecule has 0 radical (unpaired) electrons. The number of rotatable bonds is 4. The van der Waals surface area contributed by atoms with Crippen LogP contribution in [0.5, 0.6) is 5.75 Å². The zero-order valence-corrected chi connectivity index (χ0v) is 11.1. The van der Waals surface area contributed by atoms with Gasteiger partial charge in [0.1, 0.15) is 5.75 Å². The van der Waals surface area contributed by atoms with Crippen molar-refractivity contribution in [3.63, 3.8) is 0 Å². The van der Waals surface area contributed by atoms with Crippen LogP contribution in [-0.2, 0) is 18.3 Å². The number of aromatic hydroxyl groups is 1. The third kappa shape index (κ3) is 2.18. The Morgan fingerprint density at radius 1 is 1.45 bits per heavy atom. The van der Waals surface area contributed by atoms with E-state index < -0.39 is 10.9 Å². The van der Waals surface area contributed by atoms with Gasteiger partial charge in [-0.15, -0.1) is 0 Å². The van der Waals surface area contributed by atoms with Crippen molar-refractivity contribution in [3.05, 3.63) is 33.5 Å². The average molecular weight is 278 g/mol. The van der Waals surface area contributed by atoms with Crippen LogP contribution >= 0.6 is 0 Å². The van der Waals surface area contributed by atoms with E-state index in [0.717, 1.165) is 11.8 Å². The molecule has 0 unspecified atom stereocenters. The minimum atomic E-state index is -0.956. The van der Waals surface area contributed by atoms with Crippen LogP contribution in [0.25, 0.3) is 10.9 Å². The first kappa shape index (κ1) is 13.9. The standard InChI is InChI=1S/C13H14N2O5/c1-7-9(3-4-12(17)18)13-10(14(7)2)5-8(16)6-11(13)15(19)20/h5-6,16H,3-4H2,1-2H3,(H,17,18). The van der Waals surface area contributed by atoms with Crippen molar-refractivity contribution in [1.82, 2.24) is 4.57 Å². The van der Waals surface area contributed by atoms with Gasteiger partial charge in [0, 0.05) is 25.2 Å². The number of nitrogens with zero attached hydrogens (tertiary/aromatic N) is 2. The highest BCUT2D eigenvalue weighted by Crippen LogP contribution is 2.36. The Balaban J connectivity index is 2.76. The fourth-order valence-corrected chi connectivity index (χ4v) is 2.42. The average Bonchev–Trinajstić information content (AvgIpc) is 2.59. The molecule has 2 N–H and O–H groups in total. The van der Waals surface area contributed by atoms with Crippen molar-refractivity contribution in [2.75, 3.05) is 0 Å². The third-order valence-corrected chi connectivity index (χ3v) is 3.47. The number of hydrogen-bond acceptors (Lipinski definition) is 4. The van der Waals surface area contributed by atoms with Crippen molar-refractivity contribution in [1.29, 1.82) is 0 Å². The number of carboxylic acids is 1. The molecule has 0 spiro atoms. The van der Waals surface area contributed by atoms with E-state index in [-0.39, 0.29) is 24.3 Å². The monoisotopic (exact) mass is 278 g/mol. The summed E-state index contributed by atoms with van der Waals surface area (Å²) in [6.45, 7) is 1.78. The zero-order chi connectivity index (χ0) is 15.0. The first-order valence-electron chi connectivity index (χ1n) is 6.00. The normalized spacial score (nSPS) is 10.9. The van der Waals surface area contributed by atoms with Gasteiger partial charge in [-0.3, -0.25) is 14.9 Å². The van der Waals surface area contributed by atoms with E-state index >= 15 is 0 Å². The van der Waals surface area contributed by atoms with Gasteiger partial charge >= 0.3 is 5.97 Å². The van der Waals surface area contributed by atoms with E-state index in [0.29, 0.717) is 16.5 Å². The maximum Gasteiger partial charge on any atom is 0.303 e. The number of carboxylic acid groups (broad SMARTS) is 1. The molecule has 2 aromatic rings. The highest BCUT2D eigenvalue weighted by atomic mass is 16.6. The van der Waals surface area contributed by atoms with Crippen LogP contribution in [0.3, 0.4) is 0 Å². The molecule has 1 aromatic carbocycles. The number of nitro groups is 1. The van der Waals surface area contributed by atoms with Gasteiger partial charge in [-0.1, -0.05) is 0 Å². The second-order valence-electron chi connectivity index (χ2n) is 4.63. The number of phenols is 1. The molecule has 0 atom stereocenters. The molecule has 1 aromatic heterocycles. The van der Waals surface area contributed by atoms with Crippen molar-refractivity contribution >= 4 is 22.6 Å². The third-order valence-electron chi connectivity index (χ3n) is 3.47. The molecule has 0 fully saturated rings. The Hall–Kier alpha value is -2.57. The Morgan fingerprint density at radius 3 is 2.65 bits per heavy atom. The summed E-state index contributed by atoms with van der Waals surface area (Å²) in [4.78, 5) is 21.3. The maximum atomic E-state index is 11.1. The Bertz CT molecular complexity index is 717. The van der Waals surface area contributed by atoms with Crippen molar-refractivity contribution in [2.24, 2.45) is 7.05 Å². The molecule has 7 heteroatoms. The molecule has 7 nitrogen and oxygen atoms in total. The zero-order valence-electron chi connectivity index (χ0n) is 11.1. The summed E-state index contributed by atoms with van der Waals surface area (Å²) in [7, 11) is 1.73. The van der Waals surface area contributed by atoms with E-state index in [1.165, 1.54) is 6.07 Å². The van der Waals surface area contributed by atoms with Gasteiger partial charge in [0.05, 0.1) is 21.9 Å². The van der Waals surface area contributed by atoms with Crippen LogP contribution in [0.2, 0.25) is 0 Å². The molecule has 1 heterocycles. The van der Waals surface area contributed by atoms with E-state index in [1.807, 2.05) is 0 Å². The maximum absolute atomic E-state index is 11.1. The second-order valence-corrected chi connectivity index (χ2v) is 4.63. The molecule has 2 rings (SSSR count). The van der Waals surface area contributed by atoms with E-state index in [4.69, 9.17) is 5.11 Å². The number of benzene rings is 1. The molecule has 0 aliphatic carbocycles. The smallest absolute Gasteiger partial charge is 0.303 e. The number of fused-ring (bicyclic) bond motifs is 1. The second kappa shape index (κ2) is 4.84. The molecule has 0 aliphatic heterocycles. The van der Waals surface area contributed by atoms with E-state index in [1.54, 1.807) is 18.5 Å². The van der Waals surface area contributed by atoms with Gasteiger partial charge in [0.2, 0.25) is 0 Å². The number of phenolic OH excluding ortho intramolecular Hbond substituents is 1. The lowest BCUT2D eigenvalue weighted by Crippen LogP contribution is -1.99. The summed E-state index contributed by atoms with van der Waals surface area (Å²) in [6.07, 6.45) is 0.113. The first-order chi connectivity index (χ1) is 9.32. The van der Waals surface area contributed by atoms with Gasteiger partial charge in [0.15, 0.2) is 0 Å². The Kier molecular flexibility index (Phi) is 3.35. The summed E-state index contributed by atoms with van der Waals surface area (Å²) in [5.74, 6) is -1.14. The van der Waals surface area contributed by atoms with Gasteiger partial charge in [-0.25, -0.2) is 0 Å². The number of hydrogen-bond donors (Lipinski definition) is 2. The number of carbonyl (C=O) groups is 1. The first-order valence-corrected chi connectivity index (χ1v) is 6.00. The van der Waals surface area contributed by atoms with Gasteiger partial charge < -0.3 is 14.8 Å². The number of aliphatic carboxylic acids is 1. The lowest BCUT2D eigenvalue weighted by atomic mass is 10.0. The topological polar surface area (TPSA) is 106 Å². The predicted octanol–water partition coefficient (Wildman–Crippen LogP) is 2.12. The molecule has 0 bridgehead atoms. The fourth-order valence-electron chi connectivity index (χ4n) is 2.42. The van der Waals surface area contributed by atoms with Crippen LogP contribution in [-0.4, -0.2) is 25.7 Å². The van der Waals surface area contributed by atoms with E-state index in [9.17, 15) is 20.0 Å². The predicted molar refractivity (Wildman–Crippen MR) is 71.9 cm³/mol. The number of aryl methyl sites for hydroxylation is 2. The molecule has 0 saturated carbocycles. The van der Waals surface area contributed by atoms with Gasteiger partial charge in [0.25, 0.3) is 5.69 Å². The van der Waals surface area contributed by atoms with Gasteiger partial charge in [-0.2, -0.15) is 0 Å². The molecule has 106 valence electrons. The van der Waals surface area contributed by atoms with Crippen LogP contribution in [0, 0.1) is 17.0 Å². The highest BCUT2D eigenvalue weighted by molar-refractivity contribution is 5.95. The lowest BCUT2D eigenvalue weighted by molar-refractivity contribution is -0.383. The van der Waals surface area contributed by atoms with Crippen molar-refractivity contribution in [2.45, 2.75) is 19.8 Å². The quantitative estimate of drug-likeness (QED) is 0.658. The van der Waals surface area contributed by atoms with Crippen LogP contribution in [0.1, 0.15) is 17.7 Å². The van der Waals surface area contributed by atoms with Crippen LogP contribution < -0.4 is 0 Å². The summed E-state index contributed by atoms with van der Waals surface area (Å²) in [5, 5.41) is 29.9. The number of non-ortho nitro benzene ring substituents is 1. The van der Waals surface area contributed by atoms with Crippen molar-refractivity contribution in [3.8, 4) is 5.75 Å². The SMILES string of the molecule is Cc1c(CCC(=O)O)c2c([N+](=O)[O-])cc(O)cc2n1C. The molecular weight excluding hydrogens is 264 g/mol. The molecular formula is C13H14N2O5.